The molecule has 0 amide bonds. The Morgan fingerprint density at radius 1 is 1.40 bits per heavy atom. The summed E-state index contributed by atoms with van der Waals surface area (Å²) in [4.78, 5) is 0. The van der Waals surface area contributed by atoms with Gasteiger partial charge in [-0.1, -0.05) is 26.5 Å². The van der Waals surface area contributed by atoms with Crippen molar-refractivity contribution in [3.8, 4) is 0 Å². The average Bonchev–Trinajstić information content (AvgIpc) is 1.99. The van der Waals surface area contributed by atoms with Crippen molar-refractivity contribution in [3.63, 3.8) is 0 Å². The molecule has 0 saturated carbocycles. The molecule has 1 atom stereocenters. The lowest BCUT2D eigenvalue weighted by molar-refractivity contribution is 0.530. The fourth-order valence-electron chi connectivity index (χ4n) is 1.08. The summed E-state index contributed by atoms with van der Waals surface area (Å²) in [5.74, 6) is 0. The Bertz CT molecular complexity index is 62.3. The van der Waals surface area contributed by atoms with Crippen molar-refractivity contribution >= 4 is 7.28 Å². The highest BCUT2D eigenvalue weighted by Gasteiger charge is 2.00. The van der Waals surface area contributed by atoms with Gasteiger partial charge in [0.1, 0.15) is 7.28 Å². The first kappa shape index (κ1) is 10.0. The van der Waals surface area contributed by atoms with Crippen LogP contribution in [0.4, 0.5) is 0 Å². The third-order valence-corrected chi connectivity index (χ3v) is 1.91. The van der Waals surface area contributed by atoms with E-state index in [0.717, 1.165) is 6.04 Å². The van der Waals surface area contributed by atoms with Gasteiger partial charge in [-0.25, -0.2) is 0 Å². The van der Waals surface area contributed by atoms with Crippen molar-refractivity contribution in [1.82, 2.24) is 5.32 Å². The summed E-state index contributed by atoms with van der Waals surface area (Å²) in [6.07, 6.45) is 5.00. The first-order chi connectivity index (χ1) is 4.85. The van der Waals surface area contributed by atoms with Gasteiger partial charge in [-0.05, 0) is 19.9 Å². The molecule has 0 aliphatic carbocycles. The summed E-state index contributed by atoms with van der Waals surface area (Å²) < 4.78 is 0. The Labute approximate surface area is 65.8 Å². The van der Waals surface area contributed by atoms with Crippen LogP contribution in [-0.2, 0) is 0 Å². The normalized spacial score (nSPS) is 13.1. The van der Waals surface area contributed by atoms with Gasteiger partial charge in [-0.2, -0.15) is 0 Å². The van der Waals surface area contributed by atoms with E-state index < -0.39 is 0 Å². The highest BCUT2D eigenvalue weighted by Crippen LogP contribution is 2.01. The van der Waals surface area contributed by atoms with Crippen LogP contribution >= 0.6 is 0 Å². The van der Waals surface area contributed by atoms with Crippen molar-refractivity contribution in [2.75, 3.05) is 7.05 Å². The minimum Gasteiger partial charge on any atom is -0.317 e. The van der Waals surface area contributed by atoms with Crippen molar-refractivity contribution in [2.24, 2.45) is 0 Å². The molecule has 0 saturated heterocycles. The molecular weight excluding hydrogens is 121 g/mol. The minimum absolute atomic E-state index is 0.725. The molecule has 59 valence electrons. The highest BCUT2D eigenvalue weighted by atomic mass is 14.9. The zero-order chi connectivity index (χ0) is 7.82. The summed E-state index contributed by atoms with van der Waals surface area (Å²) >= 11 is 0. The van der Waals surface area contributed by atoms with Gasteiger partial charge in [-0.15, -0.1) is 0 Å². The molecule has 0 aliphatic rings. The predicted molar refractivity (Wildman–Crippen MR) is 48.8 cm³/mol. The van der Waals surface area contributed by atoms with E-state index in [0.29, 0.717) is 0 Å². The lowest BCUT2D eigenvalue weighted by atomic mass is 9.70. The second kappa shape index (κ2) is 7.14. The van der Waals surface area contributed by atoms with E-state index in [1.807, 2.05) is 7.05 Å². The van der Waals surface area contributed by atoms with Gasteiger partial charge in [0.05, 0.1) is 0 Å². The van der Waals surface area contributed by atoms with Crippen LogP contribution in [0.25, 0.3) is 0 Å². The van der Waals surface area contributed by atoms with E-state index in [-0.39, 0.29) is 0 Å². The van der Waals surface area contributed by atoms with Gasteiger partial charge in [0, 0.05) is 6.04 Å². The van der Waals surface area contributed by atoms with Gasteiger partial charge >= 0.3 is 0 Å². The van der Waals surface area contributed by atoms with Crippen molar-refractivity contribution in [2.45, 2.75) is 45.4 Å². The molecule has 0 aromatic heterocycles. The Balaban J connectivity index is 3.09. The van der Waals surface area contributed by atoms with Gasteiger partial charge in [0.25, 0.3) is 0 Å². The monoisotopic (exact) mass is 140 g/mol. The zero-order valence-electron chi connectivity index (χ0n) is 7.48. The van der Waals surface area contributed by atoms with Crippen molar-refractivity contribution in [3.05, 3.63) is 0 Å². The third kappa shape index (κ3) is 4.86. The molecule has 1 N–H and O–H groups in total. The molecule has 0 fully saturated rings. The summed E-state index contributed by atoms with van der Waals surface area (Å²) in [6.45, 7) is 4.42. The van der Waals surface area contributed by atoms with E-state index in [1.165, 1.54) is 25.5 Å². The van der Waals surface area contributed by atoms with E-state index in [2.05, 4.69) is 26.4 Å². The van der Waals surface area contributed by atoms with E-state index in [9.17, 15) is 0 Å². The van der Waals surface area contributed by atoms with E-state index in [1.54, 1.807) is 0 Å². The molecule has 1 radical (unpaired) electrons. The topological polar surface area (TPSA) is 12.0 Å². The predicted octanol–water partition coefficient (Wildman–Crippen LogP) is 1.94. The Morgan fingerprint density at radius 2 is 2.10 bits per heavy atom. The number of hydrogen-bond donors (Lipinski definition) is 1. The fourth-order valence-corrected chi connectivity index (χ4v) is 1.08. The number of nitrogens with one attached hydrogen (secondary N) is 1. The molecule has 0 aromatic rings. The summed E-state index contributed by atoms with van der Waals surface area (Å²) in [5, 5.41) is 3.29. The Hall–Kier alpha value is 0.0249. The molecule has 0 rings (SSSR count). The van der Waals surface area contributed by atoms with Crippen LogP contribution in [0.5, 0.6) is 0 Å². The Kier molecular flexibility index (Phi) is 7.15. The van der Waals surface area contributed by atoms with Crippen molar-refractivity contribution in [1.29, 1.82) is 0 Å². The van der Waals surface area contributed by atoms with Crippen LogP contribution in [0.15, 0.2) is 0 Å². The fraction of sp³-hybridized carbons (Fsp3) is 1.00. The smallest absolute Gasteiger partial charge is 0.109 e. The SMILES string of the molecule is CC[B]CCC(CC)NC. The molecule has 1 unspecified atom stereocenters. The van der Waals surface area contributed by atoms with Crippen LogP contribution < -0.4 is 5.32 Å². The minimum atomic E-state index is 0.725. The maximum atomic E-state index is 3.29. The standard InChI is InChI=1S/C8H19BN/c1-4-8(10-3)6-7-9-5-2/h8,10H,4-7H2,1-3H3. The van der Waals surface area contributed by atoms with Gasteiger partial charge in [0.15, 0.2) is 0 Å². The molecule has 10 heavy (non-hydrogen) atoms. The van der Waals surface area contributed by atoms with Crippen LogP contribution in [0.2, 0.25) is 12.6 Å². The highest BCUT2D eigenvalue weighted by molar-refractivity contribution is 6.35. The van der Waals surface area contributed by atoms with Gasteiger partial charge < -0.3 is 5.32 Å². The lowest BCUT2D eigenvalue weighted by Gasteiger charge is -2.12. The number of rotatable bonds is 6. The summed E-state index contributed by atoms with van der Waals surface area (Å²) in [7, 11) is 4.39. The van der Waals surface area contributed by atoms with Crippen molar-refractivity contribution < 1.29 is 0 Å². The zero-order valence-corrected chi connectivity index (χ0v) is 7.48. The summed E-state index contributed by atoms with van der Waals surface area (Å²) in [5.41, 5.74) is 0. The molecule has 0 heterocycles. The molecule has 1 nitrogen and oxygen atoms in total. The maximum absolute atomic E-state index is 3.29. The van der Waals surface area contributed by atoms with Crippen LogP contribution in [0.3, 0.4) is 0 Å². The second-order valence-corrected chi connectivity index (χ2v) is 2.67. The average molecular weight is 140 g/mol. The van der Waals surface area contributed by atoms with Crippen LogP contribution in [0, 0.1) is 0 Å². The molecular formula is C8H19BN. The van der Waals surface area contributed by atoms with Crippen LogP contribution in [0.1, 0.15) is 26.7 Å². The summed E-state index contributed by atoms with van der Waals surface area (Å²) in [6, 6.07) is 0.725. The first-order valence-electron chi connectivity index (χ1n) is 4.34. The van der Waals surface area contributed by atoms with E-state index in [4.69, 9.17) is 0 Å². The van der Waals surface area contributed by atoms with Gasteiger partial charge in [-0.3, -0.25) is 0 Å². The van der Waals surface area contributed by atoms with Crippen LogP contribution in [-0.4, -0.2) is 20.4 Å². The van der Waals surface area contributed by atoms with E-state index >= 15 is 0 Å². The molecule has 0 aliphatic heterocycles. The molecule has 0 bridgehead atoms. The maximum Gasteiger partial charge on any atom is 0.109 e. The molecule has 0 spiro atoms. The molecule has 2 heteroatoms. The van der Waals surface area contributed by atoms with Gasteiger partial charge in [0.2, 0.25) is 0 Å². The quantitative estimate of drug-likeness (QED) is 0.439. The largest absolute Gasteiger partial charge is 0.317 e. The first-order valence-corrected chi connectivity index (χ1v) is 4.34. The molecule has 0 aromatic carbocycles. The third-order valence-electron chi connectivity index (χ3n) is 1.91. The number of hydrogen-bond acceptors (Lipinski definition) is 1. The Morgan fingerprint density at radius 3 is 2.50 bits per heavy atom. The lowest BCUT2D eigenvalue weighted by Crippen LogP contribution is -2.24. The second-order valence-electron chi connectivity index (χ2n) is 2.67.